The van der Waals surface area contributed by atoms with Gasteiger partial charge >= 0.3 is 11.7 Å². The Kier molecular flexibility index (Phi) is 6.41. The average molecular weight is 335 g/mol. The van der Waals surface area contributed by atoms with Crippen molar-refractivity contribution in [2.75, 3.05) is 6.54 Å². The minimum absolute atomic E-state index is 0.00998. The van der Waals surface area contributed by atoms with Crippen molar-refractivity contribution in [2.24, 2.45) is 0 Å². The van der Waals surface area contributed by atoms with E-state index in [4.69, 9.17) is 5.11 Å². The smallest absolute Gasteiger partial charge is 0.341 e. The lowest BCUT2D eigenvalue weighted by Gasteiger charge is -2.06. The minimum atomic E-state index is -4.67. The van der Waals surface area contributed by atoms with Gasteiger partial charge in [0.2, 0.25) is 9.84 Å². The van der Waals surface area contributed by atoms with E-state index in [9.17, 15) is 26.8 Å². The van der Waals surface area contributed by atoms with Crippen LogP contribution in [0.4, 0.5) is 8.78 Å². The number of unbranched alkanes of at least 4 members (excludes halogenated alkanes) is 1. The van der Waals surface area contributed by atoms with E-state index in [0.29, 0.717) is 12.8 Å². The number of aliphatic carboxylic acids is 1. The van der Waals surface area contributed by atoms with E-state index < -0.39 is 32.4 Å². The molecule has 0 atom stereocenters. The molecule has 0 saturated heterocycles. The highest BCUT2D eigenvalue weighted by Crippen LogP contribution is 2.18. The molecule has 0 aliphatic heterocycles. The van der Waals surface area contributed by atoms with Crippen molar-refractivity contribution in [1.29, 1.82) is 0 Å². The van der Waals surface area contributed by atoms with Gasteiger partial charge in [-0.15, -0.1) is 0 Å². The van der Waals surface area contributed by atoms with E-state index in [2.05, 4.69) is 5.32 Å². The maximum Gasteiger partial charge on any atom is 0.341 e. The molecular weight excluding hydrogens is 320 g/mol. The fourth-order valence-electron chi connectivity index (χ4n) is 1.60. The molecule has 6 nitrogen and oxygen atoms in total. The number of hydrogen-bond acceptors (Lipinski definition) is 4. The first-order valence-corrected chi connectivity index (χ1v) is 7.92. The number of nitrogens with one attached hydrogen (secondary N) is 1. The molecule has 0 aliphatic rings. The summed E-state index contributed by atoms with van der Waals surface area (Å²) in [7, 11) is -4.67. The number of benzene rings is 1. The fraction of sp³-hybridized carbons (Fsp3) is 0.385. The number of carbonyl (C=O) groups is 2. The van der Waals surface area contributed by atoms with Crippen LogP contribution in [0.1, 0.15) is 29.6 Å². The van der Waals surface area contributed by atoms with Gasteiger partial charge in [0.15, 0.2) is 0 Å². The van der Waals surface area contributed by atoms with Crippen LogP contribution in [-0.4, -0.2) is 37.7 Å². The number of amides is 1. The van der Waals surface area contributed by atoms with E-state index >= 15 is 0 Å². The third-order valence-electron chi connectivity index (χ3n) is 2.78. The lowest BCUT2D eigenvalue weighted by Crippen LogP contribution is -2.24. The van der Waals surface area contributed by atoms with E-state index in [1.807, 2.05) is 0 Å². The molecule has 2 N–H and O–H groups in total. The van der Waals surface area contributed by atoms with Gasteiger partial charge in [0, 0.05) is 18.5 Å². The van der Waals surface area contributed by atoms with Crippen molar-refractivity contribution in [3.05, 3.63) is 29.8 Å². The molecule has 1 rings (SSSR count). The van der Waals surface area contributed by atoms with Crippen molar-refractivity contribution >= 4 is 21.7 Å². The second kappa shape index (κ2) is 7.83. The number of alkyl halides is 2. The second-order valence-corrected chi connectivity index (χ2v) is 6.35. The molecule has 0 spiro atoms. The van der Waals surface area contributed by atoms with Crippen LogP contribution < -0.4 is 5.32 Å². The summed E-state index contributed by atoms with van der Waals surface area (Å²) in [5.41, 5.74) is 0.131. The molecule has 0 aliphatic carbocycles. The SMILES string of the molecule is O=C(O)CCCCNC(=O)c1ccc(S(=O)(=O)C(F)F)cc1. The van der Waals surface area contributed by atoms with Gasteiger partial charge in [0.05, 0.1) is 4.90 Å². The monoisotopic (exact) mass is 335 g/mol. The minimum Gasteiger partial charge on any atom is -0.481 e. The molecule has 0 aromatic heterocycles. The van der Waals surface area contributed by atoms with Crippen LogP contribution >= 0.6 is 0 Å². The largest absolute Gasteiger partial charge is 0.481 e. The molecule has 22 heavy (non-hydrogen) atoms. The van der Waals surface area contributed by atoms with Crippen molar-refractivity contribution in [2.45, 2.75) is 29.9 Å². The third kappa shape index (κ3) is 5.06. The number of hydrogen-bond donors (Lipinski definition) is 2. The number of carboxylic acid groups (broad SMARTS) is 1. The normalized spacial score (nSPS) is 11.4. The maximum atomic E-state index is 12.3. The Balaban J connectivity index is 2.56. The second-order valence-electron chi connectivity index (χ2n) is 4.44. The number of rotatable bonds is 8. The van der Waals surface area contributed by atoms with Crippen molar-refractivity contribution in [3.8, 4) is 0 Å². The molecule has 0 unspecified atom stereocenters. The van der Waals surface area contributed by atoms with Crippen molar-refractivity contribution in [1.82, 2.24) is 5.32 Å². The summed E-state index contributed by atoms with van der Waals surface area (Å²) >= 11 is 0. The third-order valence-corrected chi connectivity index (χ3v) is 4.18. The van der Waals surface area contributed by atoms with Crippen LogP contribution in [0.5, 0.6) is 0 Å². The summed E-state index contributed by atoms with van der Waals surface area (Å²) in [6, 6.07) is 4.17. The lowest BCUT2D eigenvalue weighted by atomic mass is 10.2. The summed E-state index contributed by atoms with van der Waals surface area (Å²) in [4.78, 5) is 21.4. The van der Waals surface area contributed by atoms with Gasteiger partial charge in [0.25, 0.3) is 5.91 Å². The molecule has 0 saturated carbocycles. The van der Waals surface area contributed by atoms with Gasteiger partial charge < -0.3 is 10.4 Å². The predicted molar refractivity (Wildman–Crippen MR) is 73.5 cm³/mol. The summed E-state index contributed by atoms with van der Waals surface area (Å²) in [6.45, 7) is 0.267. The molecule has 0 radical (unpaired) electrons. The Labute approximate surface area is 126 Å². The van der Waals surface area contributed by atoms with Crippen LogP contribution in [0.25, 0.3) is 0 Å². The van der Waals surface area contributed by atoms with Crippen molar-refractivity contribution < 1.29 is 31.9 Å². The molecule has 0 bridgehead atoms. The zero-order chi connectivity index (χ0) is 16.8. The van der Waals surface area contributed by atoms with E-state index in [1.54, 1.807) is 0 Å². The van der Waals surface area contributed by atoms with E-state index in [1.165, 1.54) is 0 Å². The summed E-state index contributed by atoms with van der Waals surface area (Å²) < 4.78 is 47.1. The van der Waals surface area contributed by atoms with Gasteiger partial charge in [-0.2, -0.15) is 8.78 Å². The molecule has 9 heteroatoms. The maximum absolute atomic E-state index is 12.3. The first kappa shape index (κ1) is 18.0. The number of halogens is 2. The zero-order valence-corrected chi connectivity index (χ0v) is 12.3. The van der Waals surface area contributed by atoms with Crippen LogP contribution in [0, 0.1) is 0 Å². The topological polar surface area (TPSA) is 101 Å². The van der Waals surface area contributed by atoms with E-state index in [0.717, 1.165) is 24.3 Å². The van der Waals surface area contributed by atoms with E-state index in [-0.39, 0.29) is 18.5 Å². The highest BCUT2D eigenvalue weighted by molar-refractivity contribution is 7.91. The van der Waals surface area contributed by atoms with Gasteiger partial charge in [-0.3, -0.25) is 9.59 Å². The Morgan fingerprint density at radius 1 is 1.14 bits per heavy atom. The first-order valence-electron chi connectivity index (χ1n) is 6.37. The van der Waals surface area contributed by atoms with Gasteiger partial charge in [0.1, 0.15) is 0 Å². The van der Waals surface area contributed by atoms with Gasteiger partial charge in [-0.1, -0.05) is 0 Å². The quantitative estimate of drug-likeness (QED) is 0.704. The summed E-state index contributed by atoms with van der Waals surface area (Å²) in [5, 5.41) is 11.0. The molecule has 1 aromatic carbocycles. The molecular formula is C13H15F2NO5S. The Hall–Kier alpha value is -2.03. The number of carboxylic acids is 1. The lowest BCUT2D eigenvalue weighted by molar-refractivity contribution is -0.137. The zero-order valence-electron chi connectivity index (χ0n) is 11.5. The average Bonchev–Trinajstić information content (AvgIpc) is 2.46. The van der Waals surface area contributed by atoms with Crippen LogP contribution in [-0.2, 0) is 14.6 Å². The van der Waals surface area contributed by atoms with Crippen LogP contribution in [0.3, 0.4) is 0 Å². The Bertz CT molecular complexity index is 628. The Morgan fingerprint density at radius 2 is 1.73 bits per heavy atom. The summed E-state index contributed by atoms with van der Waals surface area (Å²) in [5.74, 6) is -4.92. The highest BCUT2D eigenvalue weighted by atomic mass is 32.2. The molecule has 0 heterocycles. The van der Waals surface area contributed by atoms with Gasteiger partial charge in [-0.05, 0) is 37.1 Å². The van der Waals surface area contributed by atoms with Crippen molar-refractivity contribution in [3.63, 3.8) is 0 Å². The number of carbonyl (C=O) groups excluding carboxylic acids is 1. The van der Waals surface area contributed by atoms with Crippen LogP contribution in [0.15, 0.2) is 29.2 Å². The Morgan fingerprint density at radius 3 is 2.23 bits per heavy atom. The first-order chi connectivity index (χ1) is 10.2. The standard InChI is InChI=1S/C13H15F2NO5S/c14-13(15)22(20,21)10-6-4-9(5-7-10)12(19)16-8-2-1-3-11(17)18/h4-7,13H,1-3,8H2,(H,16,19)(H,17,18). The van der Waals surface area contributed by atoms with Crippen LogP contribution in [0.2, 0.25) is 0 Å². The number of sulfone groups is 1. The van der Waals surface area contributed by atoms with Gasteiger partial charge in [-0.25, -0.2) is 8.42 Å². The predicted octanol–water partition coefficient (Wildman–Crippen LogP) is 1.67. The fourth-order valence-corrected chi connectivity index (χ4v) is 2.33. The molecule has 1 aromatic rings. The molecule has 1 amide bonds. The molecule has 0 fully saturated rings. The summed E-state index contributed by atoms with van der Waals surface area (Å²) in [6.07, 6.45) is 0.910. The molecule has 122 valence electrons. The highest BCUT2D eigenvalue weighted by Gasteiger charge is 2.26.